The molecular formula is C31H39FN4O2. The minimum atomic E-state index is -0.341. The molecule has 2 heterocycles. The predicted molar refractivity (Wildman–Crippen MR) is 155 cm³/mol. The normalized spacial score (nSPS) is 13.1. The molecule has 0 unspecified atom stereocenters. The van der Waals surface area contributed by atoms with E-state index in [0.29, 0.717) is 46.7 Å². The van der Waals surface area contributed by atoms with Gasteiger partial charge < -0.3 is 20.5 Å². The zero-order valence-corrected chi connectivity index (χ0v) is 23.1. The van der Waals surface area contributed by atoms with E-state index in [-0.39, 0.29) is 17.6 Å². The summed E-state index contributed by atoms with van der Waals surface area (Å²) in [7, 11) is 1.98. The van der Waals surface area contributed by atoms with Crippen LogP contribution in [0.15, 0.2) is 48.5 Å². The van der Waals surface area contributed by atoms with Crippen LogP contribution in [-0.2, 0) is 4.79 Å². The molecule has 2 amide bonds. The number of hydrogen-bond acceptors (Lipinski definition) is 3. The summed E-state index contributed by atoms with van der Waals surface area (Å²) in [6.07, 6.45) is 5.19. The second-order valence-electron chi connectivity index (χ2n) is 9.37. The maximum atomic E-state index is 13.9. The van der Waals surface area contributed by atoms with Crippen molar-refractivity contribution in [3.8, 4) is 11.1 Å². The van der Waals surface area contributed by atoms with Gasteiger partial charge in [0.25, 0.3) is 11.8 Å². The molecule has 3 aromatic rings. The van der Waals surface area contributed by atoms with Crippen molar-refractivity contribution in [1.82, 2.24) is 15.2 Å². The van der Waals surface area contributed by atoms with E-state index in [1.165, 1.54) is 25.0 Å². The summed E-state index contributed by atoms with van der Waals surface area (Å²) >= 11 is 0. The van der Waals surface area contributed by atoms with E-state index in [4.69, 9.17) is 0 Å². The Bertz CT molecular complexity index is 1290. The van der Waals surface area contributed by atoms with Gasteiger partial charge in [-0.1, -0.05) is 44.5 Å². The number of H-pyrrole nitrogens is 1. The van der Waals surface area contributed by atoms with Gasteiger partial charge in [0.15, 0.2) is 0 Å². The molecule has 202 valence electrons. The number of hydrogen-bond donors (Lipinski definition) is 3. The highest BCUT2D eigenvalue weighted by Gasteiger charge is 2.28. The molecule has 1 aliphatic rings. The van der Waals surface area contributed by atoms with Crippen LogP contribution < -0.4 is 10.6 Å². The fraction of sp³-hybridized carbons (Fsp3) is 0.355. The van der Waals surface area contributed by atoms with Crippen LogP contribution in [0.25, 0.3) is 22.8 Å². The first-order valence-electron chi connectivity index (χ1n) is 13.4. The Hall–Kier alpha value is -3.71. The van der Waals surface area contributed by atoms with E-state index in [2.05, 4.69) is 22.5 Å². The molecule has 0 radical (unpaired) electrons. The Morgan fingerprint density at radius 3 is 2.47 bits per heavy atom. The van der Waals surface area contributed by atoms with Crippen molar-refractivity contribution in [2.75, 3.05) is 32.0 Å². The molecule has 3 N–H and O–H groups in total. The Morgan fingerprint density at radius 2 is 1.84 bits per heavy atom. The number of nitrogens with one attached hydrogen (secondary N) is 3. The Morgan fingerprint density at radius 1 is 1.08 bits per heavy atom. The molecule has 0 fully saturated rings. The first-order valence-corrected chi connectivity index (χ1v) is 13.4. The number of anilines is 1. The number of fused-ring (bicyclic) bond motifs is 1. The van der Waals surface area contributed by atoms with Gasteiger partial charge in [-0.15, -0.1) is 0 Å². The van der Waals surface area contributed by atoms with Crippen LogP contribution in [-0.4, -0.2) is 48.4 Å². The van der Waals surface area contributed by atoms with Gasteiger partial charge in [-0.2, -0.15) is 0 Å². The first kappa shape index (κ1) is 28.9. The van der Waals surface area contributed by atoms with Crippen LogP contribution in [0.1, 0.15) is 67.3 Å². The SMILES string of the molecule is CCCCNC.CCCN(CC)C(=O)c1cc(C)[nH]c1/C=C1\C(=O)Nc2cccc(-c3cccc(F)c3)c21. The minimum absolute atomic E-state index is 0.0670. The van der Waals surface area contributed by atoms with Crippen molar-refractivity contribution >= 4 is 29.2 Å². The van der Waals surface area contributed by atoms with E-state index in [1.54, 1.807) is 17.0 Å². The third-order valence-corrected chi connectivity index (χ3v) is 6.41. The molecule has 0 spiro atoms. The predicted octanol–water partition coefficient (Wildman–Crippen LogP) is 6.50. The Kier molecular flexibility index (Phi) is 10.4. The number of carbonyl (C=O) groups is 2. The Labute approximate surface area is 225 Å². The summed E-state index contributed by atoms with van der Waals surface area (Å²) in [6, 6.07) is 13.7. The average Bonchev–Trinajstić information content (AvgIpc) is 3.44. The number of unbranched alkanes of at least 4 members (excludes halogenated alkanes) is 1. The van der Waals surface area contributed by atoms with Gasteiger partial charge in [-0.3, -0.25) is 9.59 Å². The lowest BCUT2D eigenvalue weighted by molar-refractivity contribution is -0.110. The highest BCUT2D eigenvalue weighted by atomic mass is 19.1. The third-order valence-electron chi connectivity index (χ3n) is 6.41. The smallest absolute Gasteiger partial charge is 0.256 e. The molecule has 0 saturated carbocycles. The van der Waals surface area contributed by atoms with Crippen LogP contribution in [0.3, 0.4) is 0 Å². The van der Waals surface area contributed by atoms with Crippen LogP contribution in [0.5, 0.6) is 0 Å². The molecule has 0 atom stereocenters. The lowest BCUT2D eigenvalue weighted by Gasteiger charge is -2.20. The molecular weight excluding hydrogens is 479 g/mol. The van der Waals surface area contributed by atoms with Gasteiger partial charge >= 0.3 is 0 Å². The second-order valence-corrected chi connectivity index (χ2v) is 9.37. The fourth-order valence-corrected chi connectivity index (χ4v) is 4.53. The molecule has 1 aliphatic heterocycles. The molecule has 6 nitrogen and oxygen atoms in total. The number of nitrogens with zero attached hydrogens (tertiary/aromatic N) is 1. The van der Waals surface area contributed by atoms with Crippen LogP contribution in [0, 0.1) is 12.7 Å². The third kappa shape index (κ3) is 6.78. The van der Waals surface area contributed by atoms with Gasteiger partial charge in [0.05, 0.1) is 16.8 Å². The molecule has 0 saturated heterocycles. The zero-order valence-electron chi connectivity index (χ0n) is 23.1. The number of aryl methyl sites for hydroxylation is 1. The van der Waals surface area contributed by atoms with Crippen molar-refractivity contribution in [2.24, 2.45) is 0 Å². The number of carbonyl (C=O) groups excluding carboxylic acids is 2. The second kappa shape index (κ2) is 13.7. The van der Waals surface area contributed by atoms with Crippen molar-refractivity contribution in [3.63, 3.8) is 0 Å². The van der Waals surface area contributed by atoms with Crippen LogP contribution in [0.2, 0.25) is 0 Å². The summed E-state index contributed by atoms with van der Waals surface area (Å²) in [5, 5.41) is 5.96. The standard InChI is InChI=1S/C26H26FN3O2.C5H13N/c1-4-12-30(5-2)26(32)20-13-16(3)28-23(20)15-21-24-19(17-8-6-9-18(27)14-17)10-7-11-22(24)29-25(21)31;1-3-4-5-6-2/h6-11,13-15,28H,4-5,12H2,1-3H3,(H,29,31);6H,3-5H2,1-2H3/b21-15-;. The first-order chi connectivity index (χ1) is 18.3. The lowest BCUT2D eigenvalue weighted by Crippen LogP contribution is -2.31. The minimum Gasteiger partial charge on any atom is -0.358 e. The van der Waals surface area contributed by atoms with Gasteiger partial charge in [0.2, 0.25) is 0 Å². The topological polar surface area (TPSA) is 77.2 Å². The molecule has 4 rings (SSSR count). The number of rotatable bonds is 9. The molecule has 1 aromatic heterocycles. The summed E-state index contributed by atoms with van der Waals surface area (Å²) < 4.78 is 13.9. The van der Waals surface area contributed by atoms with Crippen LogP contribution in [0.4, 0.5) is 10.1 Å². The van der Waals surface area contributed by atoms with E-state index in [1.807, 2.05) is 58.2 Å². The van der Waals surface area contributed by atoms with Crippen molar-refractivity contribution in [1.29, 1.82) is 0 Å². The van der Waals surface area contributed by atoms with Gasteiger partial charge in [-0.05, 0) is 81.7 Å². The van der Waals surface area contributed by atoms with Gasteiger partial charge in [0.1, 0.15) is 5.82 Å². The largest absolute Gasteiger partial charge is 0.358 e. The zero-order chi connectivity index (χ0) is 27.7. The van der Waals surface area contributed by atoms with E-state index < -0.39 is 0 Å². The number of aromatic amines is 1. The summed E-state index contributed by atoms with van der Waals surface area (Å²) in [5.74, 6) is -0.663. The Balaban J connectivity index is 0.000000599. The maximum Gasteiger partial charge on any atom is 0.256 e. The van der Waals surface area contributed by atoms with Crippen molar-refractivity contribution in [3.05, 3.63) is 76.9 Å². The number of amides is 2. The van der Waals surface area contributed by atoms with E-state index >= 15 is 0 Å². The molecule has 0 aliphatic carbocycles. The summed E-state index contributed by atoms with van der Waals surface area (Å²) in [4.78, 5) is 31.1. The lowest BCUT2D eigenvalue weighted by atomic mass is 9.94. The molecule has 0 bridgehead atoms. The highest BCUT2D eigenvalue weighted by Crippen LogP contribution is 2.40. The molecule has 38 heavy (non-hydrogen) atoms. The highest BCUT2D eigenvalue weighted by molar-refractivity contribution is 6.36. The average molecular weight is 519 g/mol. The fourth-order valence-electron chi connectivity index (χ4n) is 4.53. The quantitative estimate of drug-likeness (QED) is 0.224. The van der Waals surface area contributed by atoms with Gasteiger partial charge in [-0.25, -0.2) is 4.39 Å². The monoisotopic (exact) mass is 518 g/mol. The van der Waals surface area contributed by atoms with Crippen LogP contribution >= 0.6 is 0 Å². The van der Waals surface area contributed by atoms with Crippen molar-refractivity contribution in [2.45, 2.75) is 47.0 Å². The summed E-state index contributed by atoms with van der Waals surface area (Å²) in [5.41, 5.74) is 5.21. The molecule has 7 heteroatoms. The van der Waals surface area contributed by atoms with Crippen molar-refractivity contribution < 1.29 is 14.0 Å². The van der Waals surface area contributed by atoms with Gasteiger partial charge in [0, 0.05) is 30.0 Å². The number of benzene rings is 2. The van der Waals surface area contributed by atoms with E-state index in [9.17, 15) is 14.0 Å². The number of aromatic nitrogens is 1. The van der Waals surface area contributed by atoms with E-state index in [0.717, 1.165) is 24.2 Å². The number of halogens is 1. The molecule has 2 aromatic carbocycles. The summed E-state index contributed by atoms with van der Waals surface area (Å²) in [6.45, 7) is 10.5. The maximum absolute atomic E-state index is 13.9.